The van der Waals surface area contributed by atoms with Gasteiger partial charge in [0.15, 0.2) is 27.2 Å². The monoisotopic (exact) mass is 811 g/mol. The first kappa shape index (κ1) is 43.0. The molecule has 10 nitrogen and oxygen atoms in total. The van der Waals surface area contributed by atoms with Gasteiger partial charge in [-0.05, 0) is 97.2 Å². The highest BCUT2D eigenvalue weighted by Gasteiger charge is 2.43. The number of sulfone groups is 1. The number of fused-ring (bicyclic) bond motifs is 2. The molecule has 0 aliphatic heterocycles. The van der Waals surface area contributed by atoms with Crippen LogP contribution in [0.15, 0.2) is 90.0 Å². The van der Waals surface area contributed by atoms with Gasteiger partial charge in [-0.1, -0.05) is 48.9 Å². The summed E-state index contributed by atoms with van der Waals surface area (Å²) in [7, 11) is -1.81. The molecule has 2 aliphatic rings. The fraction of sp³-hybridized carbons (Fsp3) is 0.381. The number of carboxylic acid groups (broad SMARTS) is 1. The molecule has 57 heavy (non-hydrogen) atoms. The van der Waals surface area contributed by atoms with Gasteiger partial charge in [-0.2, -0.15) is 13.2 Å². The number of carboxylic acids is 1. The highest BCUT2D eigenvalue weighted by molar-refractivity contribution is 7.90. The number of aliphatic carboxylic acids is 1. The predicted molar refractivity (Wildman–Crippen MR) is 205 cm³/mol. The van der Waals surface area contributed by atoms with Crippen LogP contribution in [0.25, 0.3) is 11.3 Å². The average molecular weight is 812 g/mol. The number of methoxy groups -OCH3 is 1. The zero-order valence-electron chi connectivity index (χ0n) is 31.6. The number of rotatable bonds is 15. The highest BCUT2D eigenvalue weighted by Crippen LogP contribution is 2.47. The van der Waals surface area contributed by atoms with E-state index in [9.17, 15) is 35.6 Å². The van der Waals surface area contributed by atoms with E-state index in [1.165, 1.54) is 38.0 Å². The maximum Gasteiger partial charge on any atom is 0.490 e. The third kappa shape index (κ3) is 11.9. The SMILES string of the molecule is COc1ccc(C(=O)CCC(=O)N(Cc2ccc(-c3ccc(CNCCc4ccc(S(C)(=O)=O)cc4)cn3)cc2)C2C[C@@H]3CC[C@H]2C3)cc1F.O=C(O)C(F)(F)F. The maximum atomic E-state index is 14.2. The van der Waals surface area contributed by atoms with Gasteiger partial charge >= 0.3 is 12.1 Å². The quantitative estimate of drug-likeness (QED) is 0.0712. The van der Waals surface area contributed by atoms with Crippen LogP contribution in [0.5, 0.6) is 5.75 Å². The summed E-state index contributed by atoms with van der Waals surface area (Å²) in [5.41, 5.74) is 5.25. The summed E-state index contributed by atoms with van der Waals surface area (Å²) in [5.74, 6) is -2.40. The Hall–Kier alpha value is -5.15. The minimum atomic E-state index is -5.08. The summed E-state index contributed by atoms with van der Waals surface area (Å²) in [6.45, 7) is 1.91. The second kappa shape index (κ2) is 18.9. The van der Waals surface area contributed by atoms with Crippen LogP contribution in [0, 0.1) is 17.7 Å². The average Bonchev–Trinajstić information content (AvgIpc) is 3.82. The van der Waals surface area contributed by atoms with Crippen LogP contribution in [0.2, 0.25) is 0 Å². The molecular formula is C42H45F4N3O7S. The molecule has 304 valence electrons. The third-order valence-electron chi connectivity index (χ3n) is 10.4. The van der Waals surface area contributed by atoms with Crippen molar-refractivity contribution in [3.8, 4) is 17.0 Å². The molecule has 6 rings (SSSR count). The standard InChI is InChI=1S/C40H44FN3O5S.C2HF3O2/c1-49-39-17-12-33(23-35(39)41)38(45)16-18-40(46)44(37-22-29-5-11-32(37)21-29)26-28-3-9-31(10-4-28)36-15-8-30(25-43-36)24-42-20-19-27-6-13-34(14-7-27)50(2,47)48;3-2(4,5)1(6)7/h3-4,6-10,12-15,17,23,25,29,32,37,42H,5,11,16,18-22,24,26H2,1-2H3;(H,6,7)/t29-,32+,37?;/m1./s1. The minimum Gasteiger partial charge on any atom is -0.494 e. The van der Waals surface area contributed by atoms with Gasteiger partial charge in [0.1, 0.15) is 0 Å². The van der Waals surface area contributed by atoms with Crippen molar-refractivity contribution < 1.29 is 50.2 Å². The van der Waals surface area contributed by atoms with E-state index in [1.54, 1.807) is 12.1 Å². The Bertz CT molecular complexity index is 2130. The molecule has 2 saturated carbocycles. The first-order chi connectivity index (χ1) is 27.0. The van der Waals surface area contributed by atoms with Crippen molar-refractivity contribution >= 4 is 27.5 Å². The third-order valence-corrected chi connectivity index (χ3v) is 11.5. The van der Waals surface area contributed by atoms with Gasteiger partial charge in [-0.15, -0.1) is 0 Å². The molecule has 2 bridgehead atoms. The normalized spacial score (nSPS) is 17.4. The van der Waals surface area contributed by atoms with Crippen molar-refractivity contribution in [2.45, 2.75) is 75.1 Å². The summed E-state index contributed by atoms with van der Waals surface area (Å²) >= 11 is 0. The fourth-order valence-corrected chi connectivity index (χ4v) is 8.01. The topological polar surface area (TPSA) is 143 Å². The molecule has 3 aromatic carbocycles. The number of nitrogens with one attached hydrogen (secondary N) is 1. The van der Waals surface area contributed by atoms with Gasteiger partial charge in [-0.25, -0.2) is 17.6 Å². The van der Waals surface area contributed by atoms with Crippen molar-refractivity contribution in [2.24, 2.45) is 11.8 Å². The van der Waals surface area contributed by atoms with E-state index < -0.39 is 27.8 Å². The summed E-state index contributed by atoms with van der Waals surface area (Å²) < 4.78 is 74.2. The van der Waals surface area contributed by atoms with Crippen LogP contribution in [-0.2, 0) is 38.9 Å². The molecule has 1 amide bonds. The van der Waals surface area contributed by atoms with E-state index in [0.29, 0.717) is 29.8 Å². The number of pyridine rings is 1. The number of carbonyl (C=O) groups is 3. The second-order valence-electron chi connectivity index (χ2n) is 14.4. The van der Waals surface area contributed by atoms with Crippen molar-refractivity contribution in [1.29, 1.82) is 0 Å². The lowest BCUT2D eigenvalue weighted by molar-refractivity contribution is -0.192. The van der Waals surface area contributed by atoms with E-state index in [2.05, 4.69) is 16.4 Å². The van der Waals surface area contributed by atoms with E-state index in [1.807, 2.05) is 53.6 Å². The second-order valence-corrected chi connectivity index (χ2v) is 16.4. The van der Waals surface area contributed by atoms with Crippen molar-refractivity contribution in [3.63, 3.8) is 0 Å². The number of nitrogens with zero attached hydrogens (tertiary/aromatic N) is 2. The number of halogens is 4. The zero-order valence-corrected chi connectivity index (χ0v) is 32.4. The minimum absolute atomic E-state index is 0.0269. The Labute approximate surface area is 329 Å². The Morgan fingerprint density at radius 2 is 1.58 bits per heavy atom. The van der Waals surface area contributed by atoms with Gasteiger partial charge in [0.05, 0.1) is 17.7 Å². The highest BCUT2D eigenvalue weighted by atomic mass is 32.2. The fourth-order valence-electron chi connectivity index (χ4n) is 7.38. The maximum absolute atomic E-state index is 14.2. The van der Waals surface area contributed by atoms with Crippen LogP contribution in [0.1, 0.15) is 65.6 Å². The number of ketones is 1. The first-order valence-electron chi connectivity index (χ1n) is 18.5. The van der Waals surface area contributed by atoms with E-state index in [4.69, 9.17) is 14.6 Å². The van der Waals surface area contributed by atoms with Crippen LogP contribution in [-0.4, -0.2) is 73.2 Å². The van der Waals surface area contributed by atoms with Gasteiger partial charge in [-0.3, -0.25) is 14.6 Å². The molecule has 0 radical (unpaired) electrons. The van der Waals surface area contributed by atoms with Gasteiger partial charge < -0.3 is 20.1 Å². The summed E-state index contributed by atoms with van der Waals surface area (Å²) in [6.07, 6.45) is 3.43. The largest absolute Gasteiger partial charge is 0.494 e. The van der Waals surface area contributed by atoms with Crippen molar-refractivity contribution in [3.05, 3.63) is 113 Å². The molecule has 1 unspecified atom stereocenters. The Kier molecular flexibility index (Phi) is 14.2. The number of Topliss-reactive ketones (excluding diaryl/α,β-unsaturated/α-hetero) is 1. The number of benzene rings is 3. The molecule has 4 aromatic rings. The zero-order chi connectivity index (χ0) is 41.3. The van der Waals surface area contributed by atoms with Gasteiger partial charge in [0, 0.05) is 55.6 Å². The van der Waals surface area contributed by atoms with E-state index in [-0.39, 0.29) is 41.9 Å². The van der Waals surface area contributed by atoms with Gasteiger partial charge in [0.25, 0.3) is 0 Å². The molecular weight excluding hydrogens is 767 g/mol. The molecule has 2 aliphatic carbocycles. The molecule has 1 aromatic heterocycles. The number of ether oxygens (including phenoxy) is 1. The molecule has 2 N–H and O–H groups in total. The lowest BCUT2D eigenvalue weighted by Gasteiger charge is -2.35. The molecule has 15 heteroatoms. The number of amides is 1. The Morgan fingerprint density at radius 3 is 2.12 bits per heavy atom. The molecule has 1 heterocycles. The number of carbonyl (C=O) groups excluding carboxylic acids is 2. The number of hydrogen-bond acceptors (Lipinski definition) is 8. The summed E-state index contributed by atoms with van der Waals surface area (Å²) in [6, 6.07) is 23.6. The molecule has 3 atom stereocenters. The van der Waals surface area contributed by atoms with Crippen LogP contribution < -0.4 is 10.1 Å². The van der Waals surface area contributed by atoms with Crippen LogP contribution >= 0.6 is 0 Å². The van der Waals surface area contributed by atoms with Crippen LogP contribution in [0.4, 0.5) is 17.6 Å². The lowest BCUT2D eigenvalue weighted by Crippen LogP contribution is -2.42. The van der Waals surface area contributed by atoms with Gasteiger partial charge in [0.2, 0.25) is 5.91 Å². The summed E-state index contributed by atoms with van der Waals surface area (Å²) in [4.78, 5) is 42.5. The number of aromatic nitrogens is 1. The van der Waals surface area contributed by atoms with Crippen molar-refractivity contribution in [2.75, 3.05) is 19.9 Å². The Morgan fingerprint density at radius 1 is 0.912 bits per heavy atom. The molecule has 0 saturated heterocycles. The van der Waals surface area contributed by atoms with Crippen LogP contribution in [0.3, 0.4) is 0 Å². The number of alkyl halides is 3. The van der Waals surface area contributed by atoms with E-state index in [0.717, 1.165) is 60.2 Å². The summed E-state index contributed by atoms with van der Waals surface area (Å²) in [5, 5.41) is 10.5. The predicted octanol–water partition coefficient (Wildman–Crippen LogP) is 7.45. The lowest BCUT2D eigenvalue weighted by atomic mass is 9.93. The smallest absolute Gasteiger partial charge is 0.490 e. The van der Waals surface area contributed by atoms with Crippen molar-refractivity contribution in [1.82, 2.24) is 15.2 Å². The van der Waals surface area contributed by atoms with E-state index >= 15 is 0 Å². The molecule has 0 spiro atoms. The first-order valence-corrected chi connectivity index (χ1v) is 20.4. The Balaban J connectivity index is 0.000000811. The molecule has 2 fully saturated rings. The number of hydrogen-bond donors (Lipinski definition) is 2.